The smallest absolute Gasteiger partial charge is 0.343 e. The van der Waals surface area contributed by atoms with Crippen LogP contribution in [0.1, 0.15) is 15.9 Å². The van der Waals surface area contributed by atoms with Crippen LogP contribution in [0.2, 0.25) is 5.02 Å². The highest BCUT2D eigenvalue weighted by atomic mass is 35.5. The summed E-state index contributed by atoms with van der Waals surface area (Å²) in [5.41, 5.74) is 2.87. The number of esters is 1. The van der Waals surface area contributed by atoms with Crippen molar-refractivity contribution in [3.63, 3.8) is 0 Å². The van der Waals surface area contributed by atoms with E-state index in [0.717, 1.165) is 27.5 Å². The number of carbonyl (C=O) groups is 1. The molecule has 0 spiro atoms. The van der Waals surface area contributed by atoms with Crippen LogP contribution < -0.4 is 4.74 Å². The van der Waals surface area contributed by atoms with E-state index in [-0.39, 0.29) is 0 Å². The van der Waals surface area contributed by atoms with Crippen molar-refractivity contribution in [3.8, 4) is 5.75 Å². The lowest BCUT2D eigenvalue weighted by Crippen LogP contribution is -2.08. The predicted molar refractivity (Wildman–Crippen MR) is 94.9 cm³/mol. The Morgan fingerprint density at radius 3 is 2.58 bits per heavy atom. The zero-order chi connectivity index (χ0) is 16.7. The number of halogens is 1. The van der Waals surface area contributed by atoms with Gasteiger partial charge in [0.05, 0.1) is 5.56 Å². The van der Waals surface area contributed by atoms with Crippen molar-refractivity contribution >= 4 is 39.5 Å². The van der Waals surface area contributed by atoms with E-state index >= 15 is 0 Å². The Labute approximate surface area is 143 Å². The summed E-state index contributed by atoms with van der Waals surface area (Å²) < 4.78 is 11.3. The monoisotopic (exact) mass is 336 g/mol. The Hall–Kier alpha value is -2.78. The van der Waals surface area contributed by atoms with Gasteiger partial charge in [0.15, 0.2) is 0 Å². The highest BCUT2D eigenvalue weighted by molar-refractivity contribution is 6.31. The Morgan fingerprint density at radius 1 is 0.958 bits per heavy atom. The van der Waals surface area contributed by atoms with Crippen LogP contribution in [-0.4, -0.2) is 5.97 Å². The highest BCUT2D eigenvalue weighted by Crippen LogP contribution is 2.31. The van der Waals surface area contributed by atoms with Gasteiger partial charge in [-0.3, -0.25) is 0 Å². The summed E-state index contributed by atoms with van der Waals surface area (Å²) in [4.78, 5) is 12.3. The molecule has 0 fully saturated rings. The van der Waals surface area contributed by atoms with Crippen molar-refractivity contribution in [2.24, 2.45) is 0 Å². The van der Waals surface area contributed by atoms with E-state index in [1.165, 1.54) is 0 Å². The van der Waals surface area contributed by atoms with Gasteiger partial charge in [-0.1, -0.05) is 29.8 Å². The summed E-state index contributed by atoms with van der Waals surface area (Å²) in [7, 11) is 0. The number of hydrogen-bond donors (Lipinski definition) is 0. The number of fused-ring (bicyclic) bond motifs is 3. The number of benzene rings is 3. The molecule has 1 aromatic heterocycles. The standard InChI is InChI=1S/C20H13ClO3/c1-12-10-13(6-8-17(12)21)20(22)23-14-7-9-19-16(11-14)15-4-2-3-5-18(15)24-19/h2-11H,1H3. The summed E-state index contributed by atoms with van der Waals surface area (Å²) in [6.07, 6.45) is 0. The highest BCUT2D eigenvalue weighted by Gasteiger charge is 2.12. The maximum Gasteiger partial charge on any atom is 0.343 e. The molecule has 0 atom stereocenters. The molecule has 4 aromatic rings. The topological polar surface area (TPSA) is 39.4 Å². The summed E-state index contributed by atoms with van der Waals surface area (Å²) >= 11 is 5.99. The third-order valence-corrected chi connectivity index (χ3v) is 4.38. The number of ether oxygens (including phenoxy) is 1. The van der Waals surface area contributed by atoms with E-state index < -0.39 is 5.97 Å². The predicted octanol–water partition coefficient (Wildman–Crippen LogP) is 5.77. The van der Waals surface area contributed by atoms with Crippen LogP contribution in [0.4, 0.5) is 0 Å². The molecule has 3 nitrogen and oxygen atoms in total. The number of rotatable bonds is 2. The molecule has 0 unspecified atom stereocenters. The van der Waals surface area contributed by atoms with Crippen LogP contribution in [0.3, 0.4) is 0 Å². The van der Waals surface area contributed by atoms with Crippen LogP contribution >= 0.6 is 11.6 Å². The Morgan fingerprint density at radius 2 is 1.75 bits per heavy atom. The zero-order valence-corrected chi connectivity index (χ0v) is 13.6. The molecule has 4 rings (SSSR count). The first-order valence-corrected chi connectivity index (χ1v) is 7.89. The third kappa shape index (κ3) is 2.53. The normalized spacial score (nSPS) is 11.1. The molecule has 1 heterocycles. The molecular formula is C20H13ClO3. The van der Waals surface area contributed by atoms with Crippen molar-refractivity contribution in [1.82, 2.24) is 0 Å². The quantitative estimate of drug-likeness (QED) is 0.345. The average Bonchev–Trinajstić information content (AvgIpc) is 2.95. The van der Waals surface area contributed by atoms with Gasteiger partial charge in [-0.05, 0) is 55.0 Å². The lowest BCUT2D eigenvalue weighted by atomic mass is 10.1. The Kier molecular flexibility index (Phi) is 3.51. The number of carbonyl (C=O) groups excluding carboxylic acids is 1. The second kappa shape index (κ2) is 5.69. The molecule has 24 heavy (non-hydrogen) atoms. The van der Waals surface area contributed by atoms with Gasteiger partial charge >= 0.3 is 5.97 Å². The number of furan rings is 1. The molecule has 0 aliphatic carbocycles. The van der Waals surface area contributed by atoms with Crippen molar-refractivity contribution in [2.45, 2.75) is 6.92 Å². The van der Waals surface area contributed by atoms with Crippen LogP contribution in [0.15, 0.2) is 65.1 Å². The third-order valence-electron chi connectivity index (χ3n) is 3.95. The van der Waals surface area contributed by atoms with Gasteiger partial charge in [0, 0.05) is 15.8 Å². The van der Waals surface area contributed by atoms with E-state index in [2.05, 4.69) is 0 Å². The second-order valence-electron chi connectivity index (χ2n) is 5.61. The summed E-state index contributed by atoms with van der Waals surface area (Å²) in [6, 6.07) is 18.2. The fourth-order valence-corrected chi connectivity index (χ4v) is 2.82. The molecule has 0 amide bonds. The lowest BCUT2D eigenvalue weighted by Gasteiger charge is -2.06. The van der Waals surface area contributed by atoms with Crippen molar-refractivity contribution in [3.05, 3.63) is 76.8 Å². The summed E-state index contributed by atoms with van der Waals surface area (Å²) in [5, 5.41) is 2.54. The molecule has 0 bridgehead atoms. The van der Waals surface area contributed by atoms with E-state index in [9.17, 15) is 4.79 Å². The summed E-state index contributed by atoms with van der Waals surface area (Å²) in [5.74, 6) is 0.0635. The number of hydrogen-bond acceptors (Lipinski definition) is 3. The van der Waals surface area contributed by atoms with E-state index in [0.29, 0.717) is 16.3 Å². The number of aryl methyl sites for hydroxylation is 1. The van der Waals surface area contributed by atoms with Gasteiger partial charge < -0.3 is 9.15 Å². The van der Waals surface area contributed by atoms with Gasteiger partial charge in [0.25, 0.3) is 0 Å². The molecule has 4 heteroatoms. The average molecular weight is 337 g/mol. The van der Waals surface area contributed by atoms with Gasteiger partial charge in [-0.15, -0.1) is 0 Å². The SMILES string of the molecule is Cc1cc(C(=O)Oc2ccc3oc4ccccc4c3c2)ccc1Cl. The van der Waals surface area contributed by atoms with E-state index in [4.69, 9.17) is 20.8 Å². The zero-order valence-electron chi connectivity index (χ0n) is 12.9. The van der Waals surface area contributed by atoms with E-state index in [1.54, 1.807) is 24.3 Å². The van der Waals surface area contributed by atoms with Crippen molar-refractivity contribution in [1.29, 1.82) is 0 Å². The van der Waals surface area contributed by atoms with Gasteiger partial charge in [0.1, 0.15) is 16.9 Å². The largest absolute Gasteiger partial charge is 0.456 e. The fourth-order valence-electron chi connectivity index (χ4n) is 2.71. The molecule has 0 aliphatic heterocycles. The molecule has 118 valence electrons. The molecule has 3 aromatic carbocycles. The minimum absolute atomic E-state index is 0.415. The number of para-hydroxylation sites is 1. The van der Waals surface area contributed by atoms with Crippen LogP contribution in [0.5, 0.6) is 5.75 Å². The lowest BCUT2D eigenvalue weighted by molar-refractivity contribution is 0.0735. The van der Waals surface area contributed by atoms with Crippen molar-refractivity contribution in [2.75, 3.05) is 0 Å². The fraction of sp³-hybridized carbons (Fsp3) is 0.0500. The molecule has 0 saturated heterocycles. The van der Waals surface area contributed by atoms with Crippen LogP contribution in [0, 0.1) is 6.92 Å². The second-order valence-corrected chi connectivity index (χ2v) is 6.02. The van der Waals surface area contributed by atoms with Crippen molar-refractivity contribution < 1.29 is 13.9 Å². The molecule has 0 aliphatic rings. The maximum absolute atomic E-state index is 12.3. The summed E-state index contributed by atoms with van der Waals surface area (Å²) in [6.45, 7) is 1.85. The molecular weight excluding hydrogens is 324 g/mol. The first-order valence-electron chi connectivity index (χ1n) is 7.51. The molecule has 0 saturated carbocycles. The van der Waals surface area contributed by atoms with E-state index in [1.807, 2.05) is 43.3 Å². The van der Waals surface area contributed by atoms with Crippen LogP contribution in [0.25, 0.3) is 21.9 Å². The Bertz CT molecular complexity index is 1080. The van der Waals surface area contributed by atoms with Gasteiger partial charge in [0.2, 0.25) is 0 Å². The first kappa shape index (κ1) is 14.8. The molecule has 0 radical (unpaired) electrons. The minimum Gasteiger partial charge on any atom is -0.456 e. The minimum atomic E-state index is -0.415. The van der Waals surface area contributed by atoms with Gasteiger partial charge in [-0.25, -0.2) is 4.79 Å². The van der Waals surface area contributed by atoms with Crippen LogP contribution in [-0.2, 0) is 0 Å². The maximum atomic E-state index is 12.3. The first-order chi connectivity index (χ1) is 11.6. The van der Waals surface area contributed by atoms with Gasteiger partial charge in [-0.2, -0.15) is 0 Å². The molecule has 0 N–H and O–H groups in total. The Balaban J connectivity index is 1.70.